The first-order chi connectivity index (χ1) is 10.7. The molecule has 1 aromatic rings. The number of hydrogen-bond acceptors (Lipinski definition) is 4. The van der Waals surface area contributed by atoms with E-state index in [9.17, 15) is 14.7 Å². The molecule has 0 saturated heterocycles. The zero-order valence-corrected chi connectivity index (χ0v) is 14.0. The molecule has 0 spiro atoms. The van der Waals surface area contributed by atoms with E-state index in [1.165, 1.54) is 7.05 Å². The molecule has 1 N–H and O–H groups in total. The first-order valence-corrected chi connectivity index (χ1v) is 7.54. The van der Waals surface area contributed by atoms with Crippen molar-refractivity contribution < 1.29 is 24.2 Å². The first-order valence-electron chi connectivity index (χ1n) is 7.54. The SMILES string of the molecule is CN(C(=O)OC(C)(C)C)[C@@H](Cc1ccc2c(c1)COC2)C(=O)O. The van der Waals surface area contributed by atoms with Gasteiger partial charge in [0.25, 0.3) is 0 Å². The summed E-state index contributed by atoms with van der Waals surface area (Å²) in [6.07, 6.45) is -0.423. The van der Waals surface area contributed by atoms with E-state index in [-0.39, 0.29) is 6.42 Å². The zero-order valence-electron chi connectivity index (χ0n) is 14.0. The van der Waals surface area contributed by atoms with E-state index in [1.54, 1.807) is 20.8 Å². The largest absolute Gasteiger partial charge is 0.480 e. The lowest BCUT2D eigenvalue weighted by Gasteiger charge is -2.28. The number of benzene rings is 1. The van der Waals surface area contributed by atoms with Gasteiger partial charge in [0.15, 0.2) is 0 Å². The smallest absolute Gasteiger partial charge is 0.410 e. The Bertz CT molecular complexity index is 605. The number of carbonyl (C=O) groups is 2. The topological polar surface area (TPSA) is 76.1 Å². The second kappa shape index (κ2) is 6.58. The fourth-order valence-electron chi connectivity index (χ4n) is 2.43. The van der Waals surface area contributed by atoms with Crippen LogP contribution < -0.4 is 0 Å². The van der Waals surface area contributed by atoms with Gasteiger partial charge in [0, 0.05) is 13.5 Å². The molecule has 1 atom stereocenters. The van der Waals surface area contributed by atoms with Crippen molar-refractivity contribution in [2.24, 2.45) is 0 Å². The van der Waals surface area contributed by atoms with Gasteiger partial charge in [-0.15, -0.1) is 0 Å². The average molecular weight is 321 g/mol. The highest BCUT2D eigenvalue weighted by atomic mass is 16.6. The summed E-state index contributed by atoms with van der Waals surface area (Å²) in [5.74, 6) is -1.06. The number of hydrogen-bond donors (Lipinski definition) is 1. The van der Waals surface area contributed by atoms with Crippen LogP contribution in [0.25, 0.3) is 0 Å². The molecule has 1 aliphatic heterocycles. The predicted molar refractivity (Wildman–Crippen MR) is 84.1 cm³/mol. The lowest BCUT2D eigenvalue weighted by Crippen LogP contribution is -2.46. The molecule has 1 amide bonds. The fraction of sp³-hybridized carbons (Fsp3) is 0.529. The molecule has 0 unspecified atom stereocenters. The number of carboxylic acid groups (broad SMARTS) is 1. The summed E-state index contributed by atoms with van der Waals surface area (Å²) in [7, 11) is 1.45. The van der Waals surface area contributed by atoms with Crippen LogP contribution in [0.4, 0.5) is 4.79 Å². The van der Waals surface area contributed by atoms with Crippen LogP contribution in [0.3, 0.4) is 0 Å². The third-order valence-electron chi connectivity index (χ3n) is 3.65. The number of nitrogens with zero attached hydrogens (tertiary/aromatic N) is 1. The molecule has 23 heavy (non-hydrogen) atoms. The van der Waals surface area contributed by atoms with Crippen molar-refractivity contribution in [2.75, 3.05) is 7.05 Å². The van der Waals surface area contributed by atoms with Gasteiger partial charge in [0.05, 0.1) is 13.2 Å². The van der Waals surface area contributed by atoms with Crippen LogP contribution in [0.1, 0.15) is 37.5 Å². The van der Waals surface area contributed by atoms with E-state index in [0.29, 0.717) is 13.2 Å². The molecule has 1 heterocycles. The fourth-order valence-corrected chi connectivity index (χ4v) is 2.43. The second-order valence-corrected chi connectivity index (χ2v) is 6.75. The number of amides is 1. The summed E-state index contributed by atoms with van der Waals surface area (Å²) in [6.45, 7) is 6.37. The van der Waals surface area contributed by atoms with Crippen LogP contribution in [0, 0.1) is 0 Å². The molecule has 0 aromatic heterocycles. The van der Waals surface area contributed by atoms with Crippen molar-refractivity contribution >= 4 is 12.1 Å². The van der Waals surface area contributed by atoms with Crippen LogP contribution in [0.15, 0.2) is 18.2 Å². The molecule has 1 aromatic carbocycles. The summed E-state index contributed by atoms with van der Waals surface area (Å²) < 4.78 is 10.6. The Morgan fingerprint density at radius 2 is 1.96 bits per heavy atom. The van der Waals surface area contributed by atoms with Crippen LogP contribution in [-0.4, -0.2) is 40.8 Å². The summed E-state index contributed by atoms with van der Waals surface area (Å²) >= 11 is 0. The first kappa shape index (κ1) is 17.3. The highest BCUT2D eigenvalue weighted by Crippen LogP contribution is 2.22. The molecule has 0 fully saturated rings. The Morgan fingerprint density at radius 1 is 1.30 bits per heavy atom. The molecule has 0 bridgehead atoms. The maximum atomic E-state index is 12.1. The van der Waals surface area contributed by atoms with E-state index in [1.807, 2.05) is 18.2 Å². The summed E-state index contributed by atoms with van der Waals surface area (Å²) in [5.41, 5.74) is 2.39. The third kappa shape index (κ3) is 4.45. The van der Waals surface area contributed by atoms with Gasteiger partial charge in [-0.1, -0.05) is 18.2 Å². The summed E-state index contributed by atoms with van der Waals surface area (Å²) in [5, 5.41) is 9.47. The van der Waals surface area contributed by atoms with Gasteiger partial charge in [-0.05, 0) is 37.5 Å². The van der Waals surface area contributed by atoms with Crippen molar-refractivity contribution in [1.82, 2.24) is 4.90 Å². The van der Waals surface area contributed by atoms with Gasteiger partial charge < -0.3 is 14.6 Å². The van der Waals surface area contributed by atoms with E-state index in [0.717, 1.165) is 21.6 Å². The highest BCUT2D eigenvalue weighted by Gasteiger charge is 2.30. The van der Waals surface area contributed by atoms with E-state index >= 15 is 0 Å². The van der Waals surface area contributed by atoms with E-state index < -0.39 is 23.7 Å². The Kier molecular flexibility index (Phi) is 4.94. The highest BCUT2D eigenvalue weighted by molar-refractivity contribution is 5.80. The number of carbonyl (C=O) groups excluding carboxylic acids is 1. The van der Waals surface area contributed by atoms with Crippen LogP contribution >= 0.6 is 0 Å². The Hall–Kier alpha value is -2.08. The third-order valence-corrected chi connectivity index (χ3v) is 3.65. The number of ether oxygens (including phenoxy) is 2. The standard InChI is InChI=1S/C17H23NO5/c1-17(2,3)23-16(21)18(4)14(15(19)20)8-11-5-6-12-9-22-10-13(12)7-11/h5-7,14H,8-10H2,1-4H3,(H,19,20)/t14-/m0/s1. The number of fused-ring (bicyclic) bond motifs is 1. The van der Waals surface area contributed by atoms with Gasteiger partial charge in [-0.3, -0.25) is 4.90 Å². The molecule has 0 radical (unpaired) electrons. The quantitative estimate of drug-likeness (QED) is 0.922. The minimum atomic E-state index is -1.06. The summed E-state index contributed by atoms with van der Waals surface area (Å²) in [6, 6.07) is 4.79. The number of carboxylic acids is 1. The molecule has 2 rings (SSSR count). The number of rotatable bonds is 4. The van der Waals surface area contributed by atoms with Crippen LogP contribution in [0.5, 0.6) is 0 Å². The molecule has 1 aliphatic rings. The van der Waals surface area contributed by atoms with Crippen LogP contribution in [0.2, 0.25) is 0 Å². The number of aliphatic carboxylic acids is 1. The van der Waals surface area contributed by atoms with E-state index in [4.69, 9.17) is 9.47 Å². The maximum Gasteiger partial charge on any atom is 0.410 e. The maximum absolute atomic E-state index is 12.1. The molecular formula is C17H23NO5. The molecule has 0 aliphatic carbocycles. The van der Waals surface area contributed by atoms with Crippen molar-refractivity contribution in [3.05, 3.63) is 34.9 Å². The normalized spacial score (nSPS) is 15.0. The number of likely N-dealkylation sites (N-methyl/N-ethyl adjacent to an activating group) is 1. The predicted octanol–water partition coefficient (Wildman–Crippen LogP) is 2.58. The minimum absolute atomic E-state index is 0.221. The lowest BCUT2D eigenvalue weighted by atomic mass is 10.0. The van der Waals surface area contributed by atoms with E-state index in [2.05, 4.69) is 0 Å². The monoisotopic (exact) mass is 321 g/mol. The van der Waals surface area contributed by atoms with Crippen molar-refractivity contribution in [1.29, 1.82) is 0 Å². The molecule has 6 nitrogen and oxygen atoms in total. The average Bonchev–Trinajstić information content (AvgIpc) is 2.89. The molecule has 126 valence electrons. The lowest BCUT2D eigenvalue weighted by molar-refractivity contribution is -0.142. The zero-order chi connectivity index (χ0) is 17.2. The Labute approximate surface area is 136 Å². The van der Waals surface area contributed by atoms with Gasteiger partial charge >= 0.3 is 12.1 Å². The molecule has 6 heteroatoms. The van der Waals surface area contributed by atoms with Gasteiger partial charge in [-0.25, -0.2) is 9.59 Å². The van der Waals surface area contributed by atoms with Crippen molar-refractivity contribution in [3.8, 4) is 0 Å². The van der Waals surface area contributed by atoms with Crippen molar-refractivity contribution in [3.63, 3.8) is 0 Å². The summed E-state index contributed by atoms with van der Waals surface area (Å²) in [4.78, 5) is 24.8. The van der Waals surface area contributed by atoms with Crippen LogP contribution in [-0.2, 0) is 33.9 Å². The minimum Gasteiger partial charge on any atom is -0.480 e. The Balaban J connectivity index is 2.12. The molecule has 0 saturated carbocycles. The van der Waals surface area contributed by atoms with Gasteiger partial charge in [-0.2, -0.15) is 0 Å². The van der Waals surface area contributed by atoms with Gasteiger partial charge in [0.1, 0.15) is 11.6 Å². The second-order valence-electron chi connectivity index (χ2n) is 6.75. The Morgan fingerprint density at radius 3 is 2.57 bits per heavy atom. The molecular weight excluding hydrogens is 298 g/mol. The van der Waals surface area contributed by atoms with Crippen molar-refractivity contribution in [2.45, 2.75) is 52.0 Å². The van der Waals surface area contributed by atoms with Gasteiger partial charge in [0.2, 0.25) is 0 Å².